The molecule has 1 aliphatic rings. The van der Waals surface area contributed by atoms with Gasteiger partial charge in [-0.25, -0.2) is 0 Å². The van der Waals surface area contributed by atoms with Crippen LogP contribution in [-0.2, 0) is 0 Å². The van der Waals surface area contributed by atoms with Gasteiger partial charge in [-0.1, -0.05) is 6.92 Å². The Labute approximate surface area is 82.5 Å². The molecule has 1 fully saturated rings. The van der Waals surface area contributed by atoms with E-state index in [1.807, 2.05) is 0 Å². The summed E-state index contributed by atoms with van der Waals surface area (Å²) in [6.45, 7) is 11.1. The molecule has 0 saturated carbocycles. The van der Waals surface area contributed by atoms with Crippen molar-refractivity contribution in [3.05, 3.63) is 0 Å². The molecule has 0 amide bonds. The molecule has 1 rings (SSSR count). The fraction of sp³-hybridized carbons (Fsp3) is 1.00. The Morgan fingerprint density at radius 1 is 1.38 bits per heavy atom. The summed E-state index contributed by atoms with van der Waals surface area (Å²) < 4.78 is 0. The molecule has 0 aromatic rings. The summed E-state index contributed by atoms with van der Waals surface area (Å²) in [6.07, 6.45) is 2.66. The minimum absolute atomic E-state index is 0.0468. The number of hydrogen-bond donors (Lipinski definition) is 1. The Balaban J connectivity index is 2.43. The molecule has 13 heavy (non-hydrogen) atoms. The molecule has 0 radical (unpaired) electrons. The maximum atomic E-state index is 6.02. The topological polar surface area (TPSA) is 29.3 Å². The van der Waals surface area contributed by atoms with Crippen LogP contribution in [0.1, 0.15) is 40.5 Å². The minimum atomic E-state index is -0.0468. The van der Waals surface area contributed by atoms with E-state index in [4.69, 9.17) is 5.73 Å². The molecule has 0 aliphatic carbocycles. The first kappa shape index (κ1) is 11.0. The highest BCUT2D eigenvalue weighted by Gasteiger charge is 2.26. The van der Waals surface area contributed by atoms with E-state index in [-0.39, 0.29) is 5.54 Å². The van der Waals surface area contributed by atoms with Gasteiger partial charge in [-0.2, -0.15) is 0 Å². The van der Waals surface area contributed by atoms with E-state index in [1.165, 1.54) is 19.4 Å². The van der Waals surface area contributed by atoms with E-state index in [1.54, 1.807) is 0 Å². The zero-order valence-corrected chi connectivity index (χ0v) is 9.51. The highest BCUT2D eigenvalue weighted by Crippen LogP contribution is 2.22. The standard InChI is InChI=1S/C11H24N2/c1-9-5-6-13(10(2)7-9)8-11(3,4)12/h9-10H,5-8,12H2,1-4H3. The van der Waals surface area contributed by atoms with Crippen molar-refractivity contribution in [2.45, 2.75) is 52.1 Å². The van der Waals surface area contributed by atoms with Crippen LogP contribution >= 0.6 is 0 Å². The van der Waals surface area contributed by atoms with Gasteiger partial charge in [0.15, 0.2) is 0 Å². The molecule has 0 bridgehead atoms. The fourth-order valence-corrected chi connectivity index (χ4v) is 2.21. The van der Waals surface area contributed by atoms with E-state index in [9.17, 15) is 0 Å². The monoisotopic (exact) mass is 184 g/mol. The van der Waals surface area contributed by atoms with Crippen LogP contribution in [0.3, 0.4) is 0 Å². The third-order valence-electron chi connectivity index (χ3n) is 2.89. The normalized spacial score (nSPS) is 32.1. The third kappa shape index (κ3) is 3.65. The van der Waals surface area contributed by atoms with E-state index in [0.29, 0.717) is 6.04 Å². The van der Waals surface area contributed by atoms with Crippen LogP contribution in [0.2, 0.25) is 0 Å². The quantitative estimate of drug-likeness (QED) is 0.709. The number of rotatable bonds is 2. The van der Waals surface area contributed by atoms with Gasteiger partial charge in [-0.15, -0.1) is 0 Å². The van der Waals surface area contributed by atoms with Crippen LogP contribution in [0.25, 0.3) is 0 Å². The minimum Gasteiger partial charge on any atom is -0.324 e. The molecule has 2 N–H and O–H groups in total. The van der Waals surface area contributed by atoms with Gasteiger partial charge in [-0.05, 0) is 46.1 Å². The van der Waals surface area contributed by atoms with Crippen molar-refractivity contribution in [1.29, 1.82) is 0 Å². The SMILES string of the molecule is CC1CCN(CC(C)(C)N)C(C)C1. The number of nitrogens with zero attached hydrogens (tertiary/aromatic N) is 1. The first-order chi connectivity index (χ1) is 5.88. The molecule has 0 aromatic heterocycles. The van der Waals surface area contributed by atoms with Crippen molar-refractivity contribution in [3.8, 4) is 0 Å². The van der Waals surface area contributed by atoms with Crippen molar-refractivity contribution in [2.24, 2.45) is 11.7 Å². The van der Waals surface area contributed by atoms with Crippen LogP contribution in [0, 0.1) is 5.92 Å². The Morgan fingerprint density at radius 3 is 2.46 bits per heavy atom. The highest BCUT2D eigenvalue weighted by molar-refractivity contribution is 4.83. The smallest absolute Gasteiger partial charge is 0.0226 e. The first-order valence-corrected chi connectivity index (χ1v) is 5.41. The van der Waals surface area contributed by atoms with Gasteiger partial charge < -0.3 is 5.73 Å². The number of nitrogens with two attached hydrogens (primary N) is 1. The molecule has 2 heteroatoms. The second-order valence-electron chi connectivity index (χ2n) is 5.44. The zero-order chi connectivity index (χ0) is 10.1. The molecule has 78 valence electrons. The Morgan fingerprint density at radius 2 is 2.00 bits per heavy atom. The van der Waals surface area contributed by atoms with E-state index < -0.39 is 0 Å². The van der Waals surface area contributed by atoms with E-state index >= 15 is 0 Å². The average Bonchev–Trinajstić information content (AvgIpc) is 1.93. The van der Waals surface area contributed by atoms with Crippen molar-refractivity contribution in [3.63, 3.8) is 0 Å². The van der Waals surface area contributed by atoms with Gasteiger partial charge in [-0.3, -0.25) is 4.90 Å². The van der Waals surface area contributed by atoms with Gasteiger partial charge in [0.05, 0.1) is 0 Å². The van der Waals surface area contributed by atoms with E-state index in [2.05, 4.69) is 32.6 Å². The number of likely N-dealkylation sites (tertiary alicyclic amines) is 1. The Hall–Kier alpha value is -0.0800. The molecule has 2 nitrogen and oxygen atoms in total. The predicted octanol–water partition coefficient (Wildman–Crippen LogP) is 1.84. The second kappa shape index (κ2) is 3.97. The summed E-state index contributed by atoms with van der Waals surface area (Å²) in [7, 11) is 0. The van der Waals surface area contributed by atoms with Crippen LogP contribution in [0.15, 0.2) is 0 Å². The van der Waals surface area contributed by atoms with Gasteiger partial charge >= 0.3 is 0 Å². The van der Waals surface area contributed by atoms with Crippen molar-refractivity contribution in [2.75, 3.05) is 13.1 Å². The molecule has 1 heterocycles. The third-order valence-corrected chi connectivity index (χ3v) is 2.89. The predicted molar refractivity (Wildman–Crippen MR) is 57.7 cm³/mol. The summed E-state index contributed by atoms with van der Waals surface area (Å²) in [4.78, 5) is 2.53. The molecule has 1 saturated heterocycles. The largest absolute Gasteiger partial charge is 0.324 e. The van der Waals surface area contributed by atoms with Crippen LogP contribution in [-0.4, -0.2) is 29.6 Å². The van der Waals surface area contributed by atoms with Gasteiger partial charge in [0.1, 0.15) is 0 Å². The van der Waals surface area contributed by atoms with Crippen LogP contribution in [0.4, 0.5) is 0 Å². The van der Waals surface area contributed by atoms with Crippen molar-refractivity contribution in [1.82, 2.24) is 4.90 Å². The van der Waals surface area contributed by atoms with E-state index in [0.717, 1.165) is 12.5 Å². The highest BCUT2D eigenvalue weighted by atomic mass is 15.2. The lowest BCUT2D eigenvalue weighted by molar-refractivity contribution is 0.108. The second-order valence-corrected chi connectivity index (χ2v) is 5.44. The summed E-state index contributed by atoms with van der Waals surface area (Å²) in [5.41, 5.74) is 5.97. The lowest BCUT2D eigenvalue weighted by Gasteiger charge is -2.39. The van der Waals surface area contributed by atoms with Gasteiger partial charge in [0, 0.05) is 18.1 Å². The molecular formula is C11H24N2. The lowest BCUT2D eigenvalue weighted by Crippen LogP contribution is -2.51. The first-order valence-electron chi connectivity index (χ1n) is 5.41. The van der Waals surface area contributed by atoms with Crippen molar-refractivity contribution >= 4 is 0 Å². The summed E-state index contributed by atoms with van der Waals surface area (Å²) in [6, 6.07) is 0.714. The fourth-order valence-electron chi connectivity index (χ4n) is 2.21. The zero-order valence-electron chi connectivity index (χ0n) is 9.51. The van der Waals surface area contributed by atoms with Crippen LogP contribution < -0.4 is 5.73 Å². The van der Waals surface area contributed by atoms with Crippen LogP contribution in [0.5, 0.6) is 0 Å². The average molecular weight is 184 g/mol. The molecule has 2 atom stereocenters. The summed E-state index contributed by atoms with van der Waals surface area (Å²) >= 11 is 0. The molecule has 2 unspecified atom stereocenters. The molecule has 1 aliphatic heterocycles. The maximum Gasteiger partial charge on any atom is 0.0226 e. The van der Waals surface area contributed by atoms with Crippen molar-refractivity contribution < 1.29 is 0 Å². The summed E-state index contributed by atoms with van der Waals surface area (Å²) in [5, 5.41) is 0. The number of hydrogen-bond acceptors (Lipinski definition) is 2. The Kier molecular flexibility index (Phi) is 3.36. The molecule has 0 aromatic carbocycles. The molecule has 0 spiro atoms. The Bertz CT molecular complexity index is 160. The van der Waals surface area contributed by atoms with Gasteiger partial charge in [0.25, 0.3) is 0 Å². The lowest BCUT2D eigenvalue weighted by atomic mass is 9.92. The molecular weight excluding hydrogens is 160 g/mol. The van der Waals surface area contributed by atoms with Gasteiger partial charge in [0.2, 0.25) is 0 Å². The number of piperidine rings is 1. The maximum absolute atomic E-state index is 6.02. The summed E-state index contributed by atoms with van der Waals surface area (Å²) in [5.74, 6) is 0.895.